The van der Waals surface area contributed by atoms with Crippen molar-refractivity contribution in [1.29, 1.82) is 0 Å². The largest absolute Gasteiger partial charge is 0.254 e. The molecule has 15 heavy (non-hydrogen) atoms. The number of rotatable bonds is 1. The Bertz CT molecular complexity index is 523. The molecule has 0 amide bonds. The molecule has 0 saturated carbocycles. The summed E-state index contributed by atoms with van der Waals surface area (Å²) >= 11 is 0. The number of hydrogen-bond acceptors (Lipinski definition) is 1. The number of imidazole rings is 1. The van der Waals surface area contributed by atoms with Crippen LogP contribution < -0.4 is 4.57 Å². The molecule has 2 rings (SSSR count). The van der Waals surface area contributed by atoms with E-state index in [2.05, 4.69) is 54.9 Å². The van der Waals surface area contributed by atoms with Crippen LogP contribution in [0.2, 0.25) is 0 Å². The first kappa shape index (κ1) is 10.1. The quantitative estimate of drug-likeness (QED) is 0.649. The fraction of sp³-hybridized carbons (Fsp3) is 0.500. The Labute approximate surface area is 90.4 Å². The van der Waals surface area contributed by atoms with E-state index in [4.69, 9.17) is 0 Å². The molecule has 2 aromatic rings. The summed E-state index contributed by atoms with van der Waals surface area (Å²) in [6.45, 7) is 9.46. The lowest BCUT2D eigenvalue weighted by atomic mass is 10.2. The summed E-state index contributed by atoms with van der Waals surface area (Å²) < 4.78 is 4.55. The number of pyridine rings is 1. The SMILES string of the molecule is CCn1c(C)[n+](C)c2c(C)nc(C)cc21. The lowest BCUT2D eigenvalue weighted by molar-refractivity contribution is -0.652. The Balaban J connectivity index is 2.97. The van der Waals surface area contributed by atoms with E-state index in [-0.39, 0.29) is 0 Å². The third-order valence-electron chi connectivity index (χ3n) is 3.09. The van der Waals surface area contributed by atoms with Gasteiger partial charge in [-0.25, -0.2) is 9.13 Å². The lowest BCUT2D eigenvalue weighted by Gasteiger charge is -1.96. The van der Waals surface area contributed by atoms with Crippen LogP contribution in [0.3, 0.4) is 0 Å². The van der Waals surface area contributed by atoms with Crippen molar-refractivity contribution in [1.82, 2.24) is 9.55 Å². The van der Waals surface area contributed by atoms with Crippen LogP contribution in [0.1, 0.15) is 24.1 Å². The zero-order chi connectivity index (χ0) is 11.2. The van der Waals surface area contributed by atoms with Crippen LogP contribution in [0.15, 0.2) is 6.07 Å². The fourth-order valence-corrected chi connectivity index (χ4v) is 2.34. The van der Waals surface area contributed by atoms with E-state index in [0.717, 1.165) is 17.9 Å². The second-order valence-corrected chi connectivity index (χ2v) is 4.07. The van der Waals surface area contributed by atoms with Crippen molar-refractivity contribution >= 4 is 11.0 Å². The highest BCUT2D eigenvalue weighted by atomic mass is 15.2. The average molecular weight is 204 g/mol. The molecule has 0 unspecified atom stereocenters. The summed E-state index contributed by atoms with van der Waals surface area (Å²) in [6.07, 6.45) is 0. The molecule has 0 N–H and O–H groups in total. The van der Waals surface area contributed by atoms with Gasteiger partial charge in [0.2, 0.25) is 0 Å². The monoisotopic (exact) mass is 204 g/mol. The molecule has 0 aliphatic carbocycles. The molecule has 2 aromatic heterocycles. The van der Waals surface area contributed by atoms with Gasteiger partial charge in [-0.3, -0.25) is 4.98 Å². The number of hydrogen-bond donors (Lipinski definition) is 0. The molecule has 80 valence electrons. The highest BCUT2D eigenvalue weighted by Gasteiger charge is 2.20. The summed E-state index contributed by atoms with van der Waals surface area (Å²) in [5.74, 6) is 1.28. The van der Waals surface area contributed by atoms with Gasteiger partial charge in [0.05, 0.1) is 19.3 Å². The van der Waals surface area contributed by atoms with E-state index in [0.29, 0.717) is 0 Å². The van der Waals surface area contributed by atoms with Gasteiger partial charge in [-0.1, -0.05) is 0 Å². The van der Waals surface area contributed by atoms with E-state index in [1.165, 1.54) is 16.9 Å². The molecule has 0 aromatic carbocycles. The molecule has 0 fully saturated rings. The Morgan fingerprint density at radius 3 is 2.60 bits per heavy atom. The topological polar surface area (TPSA) is 21.7 Å². The van der Waals surface area contributed by atoms with Crippen molar-refractivity contribution < 1.29 is 4.57 Å². The third-order valence-corrected chi connectivity index (χ3v) is 3.09. The molecule has 3 nitrogen and oxygen atoms in total. The van der Waals surface area contributed by atoms with Gasteiger partial charge in [-0.05, 0) is 20.8 Å². The molecule has 3 heteroatoms. The highest BCUT2D eigenvalue weighted by Crippen LogP contribution is 2.17. The summed E-state index contributed by atoms with van der Waals surface area (Å²) in [5.41, 5.74) is 4.75. The smallest absolute Gasteiger partial charge is 0.254 e. The molecule has 0 aliphatic heterocycles. The van der Waals surface area contributed by atoms with E-state index in [9.17, 15) is 0 Å². The zero-order valence-electron chi connectivity index (χ0n) is 10.1. The summed E-state index contributed by atoms with van der Waals surface area (Å²) in [5, 5.41) is 0. The van der Waals surface area contributed by atoms with E-state index < -0.39 is 0 Å². The average Bonchev–Trinajstić information content (AvgIpc) is 2.39. The standard InChI is InChI=1S/C12H18N3/c1-6-15-10(4)14(5)12-9(3)13-8(2)7-11(12)15/h7H,6H2,1-5H3/q+1. The molecule has 0 bridgehead atoms. The normalized spacial score (nSPS) is 11.3. The number of fused-ring (bicyclic) bond motifs is 1. The van der Waals surface area contributed by atoms with Crippen LogP contribution in [0.25, 0.3) is 11.0 Å². The minimum atomic E-state index is 1.01. The number of aromatic nitrogens is 3. The first-order valence-corrected chi connectivity index (χ1v) is 5.39. The Morgan fingerprint density at radius 1 is 1.33 bits per heavy atom. The molecular formula is C12H18N3+. The van der Waals surface area contributed by atoms with Crippen molar-refractivity contribution in [2.75, 3.05) is 0 Å². The molecule has 0 radical (unpaired) electrons. The maximum atomic E-state index is 4.52. The van der Waals surface area contributed by atoms with Gasteiger partial charge in [0, 0.05) is 18.7 Å². The maximum Gasteiger partial charge on any atom is 0.254 e. The minimum Gasteiger partial charge on any atom is -0.254 e. The predicted octanol–water partition coefficient (Wildman–Crippen LogP) is 1.81. The Kier molecular flexibility index (Phi) is 2.25. The zero-order valence-corrected chi connectivity index (χ0v) is 10.1. The highest BCUT2D eigenvalue weighted by molar-refractivity contribution is 5.75. The molecule has 0 atom stereocenters. The van der Waals surface area contributed by atoms with Crippen LogP contribution in [0.4, 0.5) is 0 Å². The van der Waals surface area contributed by atoms with Gasteiger partial charge in [0.25, 0.3) is 5.82 Å². The fourth-order valence-electron chi connectivity index (χ4n) is 2.34. The third kappa shape index (κ3) is 1.34. The predicted molar refractivity (Wildman–Crippen MR) is 60.8 cm³/mol. The first-order chi connectivity index (χ1) is 7.06. The number of aryl methyl sites for hydroxylation is 4. The molecular weight excluding hydrogens is 186 g/mol. The molecule has 2 heterocycles. The Hall–Kier alpha value is -1.38. The van der Waals surface area contributed by atoms with Crippen molar-refractivity contribution in [3.8, 4) is 0 Å². The van der Waals surface area contributed by atoms with E-state index in [1.807, 2.05) is 0 Å². The van der Waals surface area contributed by atoms with Gasteiger partial charge in [0.1, 0.15) is 0 Å². The van der Waals surface area contributed by atoms with Crippen LogP contribution in [-0.4, -0.2) is 9.55 Å². The minimum absolute atomic E-state index is 1.01. The second-order valence-electron chi connectivity index (χ2n) is 4.07. The van der Waals surface area contributed by atoms with Gasteiger partial charge in [-0.2, -0.15) is 0 Å². The van der Waals surface area contributed by atoms with E-state index in [1.54, 1.807) is 0 Å². The van der Waals surface area contributed by atoms with Crippen molar-refractivity contribution in [2.45, 2.75) is 34.2 Å². The van der Waals surface area contributed by atoms with Crippen LogP contribution in [0, 0.1) is 20.8 Å². The van der Waals surface area contributed by atoms with Crippen molar-refractivity contribution in [2.24, 2.45) is 7.05 Å². The van der Waals surface area contributed by atoms with E-state index >= 15 is 0 Å². The van der Waals surface area contributed by atoms with Gasteiger partial charge in [-0.15, -0.1) is 0 Å². The van der Waals surface area contributed by atoms with Crippen LogP contribution >= 0.6 is 0 Å². The van der Waals surface area contributed by atoms with Crippen LogP contribution in [-0.2, 0) is 13.6 Å². The summed E-state index contributed by atoms with van der Waals surface area (Å²) in [6, 6.07) is 2.17. The molecule has 0 saturated heterocycles. The lowest BCUT2D eigenvalue weighted by Crippen LogP contribution is -2.31. The molecule has 0 aliphatic rings. The number of nitrogens with zero attached hydrogens (tertiary/aromatic N) is 3. The second kappa shape index (κ2) is 3.33. The van der Waals surface area contributed by atoms with Gasteiger partial charge in [0.15, 0.2) is 11.0 Å². The molecule has 0 spiro atoms. The first-order valence-electron chi connectivity index (χ1n) is 5.39. The van der Waals surface area contributed by atoms with Crippen molar-refractivity contribution in [3.63, 3.8) is 0 Å². The maximum absolute atomic E-state index is 4.52. The van der Waals surface area contributed by atoms with Crippen LogP contribution in [0.5, 0.6) is 0 Å². The summed E-state index contributed by atoms with van der Waals surface area (Å²) in [4.78, 5) is 4.52. The van der Waals surface area contributed by atoms with Gasteiger partial charge < -0.3 is 0 Å². The Morgan fingerprint density at radius 2 is 2.00 bits per heavy atom. The van der Waals surface area contributed by atoms with Crippen molar-refractivity contribution in [3.05, 3.63) is 23.3 Å². The summed E-state index contributed by atoms with van der Waals surface area (Å²) in [7, 11) is 2.10. The van der Waals surface area contributed by atoms with Gasteiger partial charge >= 0.3 is 0 Å².